The molecule has 0 bridgehead atoms. The van der Waals surface area contributed by atoms with Gasteiger partial charge in [0.15, 0.2) is 0 Å². The van der Waals surface area contributed by atoms with E-state index in [-0.39, 0.29) is 24.8 Å². The molecule has 0 heterocycles. The van der Waals surface area contributed by atoms with E-state index < -0.39 is 0 Å². The molecule has 0 aliphatic rings. The van der Waals surface area contributed by atoms with E-state index >= 15 is 0 Å². The standard InChI is InChI=1S/C10H27N3.2ClH/c1-12(2,3)9-7-11-8-10-13(4,5)6;;/h11H,7-10H2,1-6H3;2*1H/q+2;;/p-2. The van der Waals surface area contributed by atoms with Crippen molar-refractivity contribution < 1.29 is 33.8 Å². The lowest BCUT2D eigenvalue weighted by molar-refractivity contribution is -0.871. The molecule has 96 valence electrons. The monoisotopic (exact) mass is 259 g/mol. The van der Waals surface area contributed by atoms with Crippen LogP contribution in [0.3, 0.4) is 0 Å². The van der Waals surface area contributed by atoms with Crippen molar-refractivity contribution in [1.29, 1.82) is 0 Å². The van der Waals surface area contributed by atoms with Gasteiger partial charge in [0.1, 0.15) is 0 Å². The fourth-order valence-corrected chi connectivity index (χ4v) is 0.954. The van der Waals surface area contributed by atoms with Crippen LogP contribution in [-0.4, -0.2) is 77.4 Å². The summed E-state index contributed by atoms with van der Waals surface area (Å²) in [5, 5.41) is 3.47. The van der Waals surface area contributed by atoms with Crippen LogP contribution in [0, 0.1) is 0 Å². The zero-order valence-corrected chi connectivity index (χ0v) is 12.5. The lowest BCUT2D eigenvalue weighted by Crippen LogP contribution is -3.00. The Bertz CT molecular complexity index is 123. The second kappa shape index (κ2) is 8.59. The molecule has 0 aromatic heterocycles. The van der Waals surface area contributed by atoms with Gasteiger partial charge in [-0.15, -0.1) is 0 Å². The highest BCUT2D eigenvalue weighted by atomic mass is 35.5. The average molecular weight is 260 g/mol. The lowest BCUT2D eigenvalue weighted by Gasteiger charge is -2.26. The molecule has 0 aromatic rings. The second-order valence-corrected chi connectivity index (χ2v) is 5.78. The van der Waals surface area contributed by atoms with Gasteiger partial charge >= 0.3 is 0 Å². The second-order valence-electron chi connectivity index (χ2n) is 5.78. The molecule has 0 rings (SSSR count). The molecule has 0 radical (unpaired) electrons. The van der Waals surface area contributed by atoms with E-state index in [0.29, 0.717) is 0 Å². The fourth-order valence-electron chi connectivity index (χ4n) is 0.954. The molecule has 0 atom stereocenters. The molecule has 5 heteroatoms. The van der Waals surface area contributed by atoms with Crippen LogP contribution in [0.1, 0.15) is 0 Å². The van der Waals surface area contributed by atoms with E-state index in [1.807, 2.05) is 0 Å². The smallest absolute Gasteiger partial charge is 0.0907 e. The Balaban J connectivity index is -0.000000720. The van der Waals surface area contributed by atoms with Gasteiger partial charge in [-0.25, -0.2) is 0 Å². The molecule has 0 saturated heterocycles. The molecule has 15 heavy (non-hydrogen) atoms. The lowest BCUT2D eigenvalue weighted by atomic mass is 10.4. The van der Waals surface area contributed by atoms with E-state index in [1.54, 1.807) is 0 Å². The van der Waals surface area contributed by atoms with Gasteiger partial charge < -0.3 is 39.1 Å². The van der Waals surface area contributed by atoms with Crippen LogP contribution in [0.4, 0.5) is 0 Å². The van der Waals surface area contributed by atoms with Crippen molar-refractivity contribution in [1.82, 2.24) is 5.32 Å². The zero-order chi connectivity index (χ0) is 10.5. The summed E-state index contributed by atoms with van der Waals surface area (Å²) in [6, 6.07) is 0. The van der Waals surface area contributed by atoms with Gasteiger partial charge in [0.2, 0.25) is 0 Å². The van der Waals surface area contributed by atoms with Gasteiger partial charge in [-0.3, -0.25) is 0 Å². The maximum Gasteiger partial charge on any atom is 0.0907 e. The Hall–Kier alpha value is 0.460. The number of nitrogens with one attached hydrogen (secondary N) is 1. The minimum atomic E-state index is 0. The summed E-state index contributed by atoms with van der Waals surface area (Å²) in [6.45, 7) is 4.61. The van der Waals surface area contributed by atoms with Crippen molar-refractivity contribution in [2.45, 2.75) is 0 Å². The van der Waals surface area contributed by atoms with E-state index in [1.165, 1.54) is 13.1 Å². The molecule has 0 aliphatic carbocycles. The zero-order valence-electron chi connectivity index (χ0n) is 11.0. The van der Waals surface area contributed by atoms with Crippen molar-refractivity contribution in [3.8, 4) is 0 Å². The molecular formula is C10H27Cl2N3. The number of nitrogens with zero attached hydrogens (tertiary/aromatic N) is 2. The third kappa shape index (κ3) is 20.5. The summed E-state index contributed by atoms with van der Waals surface area (Å²) in [5.74, 6) is 0. The summed E-state index contributed by atoms with van der Waals surface area (Å²) in [6.07, 6.45) is 0. The van der Waals surface area contributed by atoms with Crippen molar-refractivity contribution in [2.75, 3.05) is 68.5 Å². The topological polar surface area (TPSA) is 12.0 Å². The Morgan fingerprint density at radius 1 is 0.667 bits per heavy atom. The SMILES string of the molecule is C[N+](C)(C)CCNCC[N+](C)(C)C.[Cl-].[Cl-]. The van der Waals surface area contributed by atoms with Crippen LogP contribution in [-0.2, 0) is 0 Å². The van der Waals surface area contributed by atoms with E-state index in [4.69, 9.17) is 0 Å². The Morgan fingerprint density at radius 3 is 1.13 bits per heavy atom. The highest BCUT2D eigenvalue weighted by molar-refractivity contribution is 4.44. The van der Waals surface area contributed by atoms with Gasteiger partial charge in [-0.1, -0.05) is 0 Å². The maximum absolute atomic E-state index is 3.47. The molecule has 0 spiro atoms. The highest BCUT2D eigenvalue weighted by Gasteiger charge is 2.07. The van der Waals surface area contributed by atoms with Crippen LogP contribution in [0.15, 0.2) is 0 Å². The van der Waals surface area contributed by atoms with Crippen molar-refractivity contribution in [2.24, 2.45) is 0 Å². The number of hydrogen-bond donors (Lipinski definition) is 1. The average Bonchev–Trinajstić information content (AvgIpc) is 1.81. The van der Waals surface area contributed by atoms with Gasteiger partial charge in [-0.05, 0) is 0 Å². The van der Waals surface area contributed by atoms with E-state index in [9.17, 15) is 0 Å². The molecule has 0 unspecified atom stereocenters. The Labute approximate surface area is 108 Å². The number of rotatable bonds is 6. The van der Waals surface area contributed by atoms with Crippen molar-refractivity contribution >= 4 is 0 Å². The number of halogens is 2. The normalized spacial score (nSPS) is 11.6. The van der Waals surface area contributed by atoms with Crippen LogP contribution >= 0.6 is 0 Å². The van der Waals surface area contributed by atoms with Crippen LogP contribution < -0.4 is 30.1 Å². The molecule has 0 aromatic carbocycles. The Morgan fingerprint density at radius 2 is 0.933 bits per heavy atom. The molecule has 0 fully saturated rings. The third-order valence-electron chi connectivity index (χ3n) is 1.92. The first-order valence-electron chi connectivity index (χ1n) is 5.02. The molecule has 1 N–H and O–H groups in total. The summed E-state index contributed by atoms with van der Waals surface area (Å²) < 4.78 is 2.08. The highest BCUT2D eigenvalue weighted by Crippen LogP contribution is 1.88. The summed E-state index contributed by atoms with van der Waals surface area (Å²) >= 11 is 0. The molecule has 0 amide bonds. The number of hydrogen-bond acceptors (Lipinski definition) is 1. The summed E-state index contributed by atoms with van der Waals surface area (Å²) in [5.41, 5.74) is 0. The Kier molecular flexibility index (Phi) is 11.9. The van der Waals surface area contributed by atoms with Gasteiger partial charge in [-0.2, -0.15) is 0 Å². The first kappa shape index (κ1) is 20.8. The third-order valence-corrected chi connectivity index (χ3v) is 1.92. The van der Waals surface area contributed by atoms with Crippen LogP contribution in [0.25, 0.3) is 0 Å². The van der Waals surface area contributed by atoms with Crippen molar-refractivity contribution in [3.63, 3.8) is 0 Å². The molecule has 0 saturated carbocycles. The molecular weight excluding hydrogens is 233 g/mol. The number of quaternary nitrogens is 2. The summed E-state index contributed by atoms with van der Waals surface area (Å²) in [7, 11) is 13.3. The first-order chi connectivity index (χ1) is 5.71. The quantitative estimate of drug-likeness (QED) is 0.370. The van der Waals surface area contributed by atoms with Crippen LogP contribution in [0.5, 0.6) is 0 Å². The first-order valence-corrected chi connectivity index (χ1v) is 5.02. The summed E-state index contributed by atoms with van der Waals surface area (Å²) in [4.78, 5) is 0. The maximum atomic E-state index is 3.47. The minimum Gasteiger partial charge on any atom is -1.00 e. The number of likely N-dealkylation sites (N-methyl/N-ethyl adjacent to an activating group) is 2. The van der Waals surface area contributed by atoms with Gasteiger partial charge in [0.25, 0.3) is 0 Å². The molecule has 0 aliphatic heterocycles. The van der Waals surface area contributed by atoms with Crippen LogP contribution in [0.2, 0.25) is 0 Å². The van der Waals surface area contributed by atoms with E-state index in [0.717, 1.165) is 22.1 Å². The predicted molar refractivity (Wildman–Crippen MR) is 58.7 cm³/mol. The molecule has 3 nitrogen and oxygen atoms in total. The van der Waals surface area contributed by atoms with E-state index in [2.05, 4.69) is 47.6 Å². The minimum absolute atomic E-state index is 0. The van der Waals surface area contributed by atoms with Crippen molar-refractivity contribution in [3.05, 3.63) is 0 Å². The predicted octanol–water partition coefficient (Wildman–Crippen LogP) is -6.00. The van der Waals surface area contributed by atoms with Gasteiger partial charge in [0, 0.05) is 13.1 Å². The largest absolute Gasteiger partial charge is 1.00 e. The van der Waals surface area contributed by atoms with Gasteiger partial charge in [0.05, 0.1) is 55.4 Å². The fraction of sp³-hybridized carbons (Fsp3) is 1.00.